The molecule has 0 spiro atoms. The highest BCUT2D eigenvalue weighted by molar-refractivity contribution is 5.76. The number of carbonyl (C=O) groups excluding carboxylic acids is 1. The molecule has 0 aliphatic carbocycles. The van der Waals surface area contributed by atoms with E-state index in [2.05, 4.69) is 10.2 Å². The van der Waals surface area contributed by atoms with Crippen LogP contribution in [0.5, 0.6) is 0 Å². The van der Waals surface area contributed by atoms with E-state index in [9.17, 15) is 9.18 Å². The number of nitrogens with zero attached hydrogens (tertiary/aromatic N) is 1. The molecule has 1 aliphatic heterocycles. The lowest BCUT2D eigenvalue weighted by Gasteiger charge is -2.33. The highest BCUT2D eigenvalue weighted by atomic mass is 19.1. The third-order valence-corrected chi connectivity index (χ3v) is 4.38. The molecule has 1 aromatic carbocycles. The summed E-state index contributed by atoms with van der Waals surface area (Å²) in [5, 5.41) is 2.98. The molecule has 1 N–H and O–H groups in total. The molecule has 1 aromatic heterocycles. The fourth-order valence-electron chi connectivity index (χ4n) is 3.03. The zero-order chi connectivity index (χ0) is 17.5. The van der Waals surface area contributed by atoms with Crippen LogP contribution in [-0.4, -0.2) is 43.7 Å². The Morgan fingerprint density at radius 3 is 2.80 bits per heavy atom. The second-order valence-corrected chi connectivity index (χ2v) is 6.11. The lowest BCUT2D eigenvalue weighted by molar-refractivity contribution is -0.121. The quantitative estimate of drug-likeness (QED) is 0.837. The molecule has 0 radical (unpaired) electrons. The number of nitrogens with one attached hydrogen (secondary N) is 1. The van der Waals surface area contributed by atoms with Crippen molar-refractivity contribution in [2.75, 3.05) is 32.8 Å². The number of halogens is 1. The van der Waals surface area contributed by atoms with Crippen molar-refractivity contribution in [1.82, 2.24) is 10.2 Å². The Kier molecular flexibility index (Phi) is 6.19. The van der Waals surface area contributed by atoms with Crippen LogP contribution in [0.4, 0.5) is 4.39 Å². The summed E-state index contributed by atoms with van der Waals surface area (Å²) in [5.74, 6) is 0.518. The SMILES string of the molecule is O=C(CCc1cccc(F)c1)NCC(c1ccco1)N1CCOCC1. The Balaban J connectivity index is 1.52. The smallest absolute Gasteiger partial charge is 0.220 e. The van der Waals surface area contributed by atoms with E-state index in [4.69, 9.17) is 9.15 Å². The van der Waals surface area contributed by atoms with Crippen molar-refractivity contribution >= 4 is 5.91 Å². The van der Waals surface area contributed by atoms with Gasteiger partial charge in [-0.25, -0.2) is 4.39 Å². The van der Waals surface area contributed by atoms with Gasteiger partial charge in [-0.05, 0) is 36.2 Å². The summed E-state index contributed by atoms with van der Waals surface area (Å²) in [6, 6.07) is 10.1. The van der Waals surface area contributed by atoms with Gasteiger partial charge in [-0.2, -0.15) is 0 Å². The highest BCUT2D eigenvalue weighted by Crippen LogP contribution is 2.21. The van der Waals surface area contributed by atoms with Gasteiger partial charge in [-0.15, -0.1) is 0 Å². The number of hydrogen-bond acceptors (Lipinski definition) is 4. The molecule has 6 heteroatoms. The van der Waals surface area contributed by atoms with E-state index >= 15 is 0 Å². The molecule has 1 unspecified atom stereocenters. The molecule has 1 atom stereocenters. The second kappa shape index (κ2) is 8.78. The van der Waals surface area contributed by atoms with Crippen molar-refractivity contribution in [3.05, 3.63) is 59.8 Å². The molecule has 0 saturated carbocycles. The third-order valence-electron chi connectivity index (χ3n) is 4.38. The average Bonchev–Trinajstić information content (AvgIpc) is 3.15. The zero-order valence-corrected chi connectivity index (χ0v) is 14.1. The molecule has 0 bridgehead atoms. The molecule has 2 aromatic rings. The summed E-state index contributed by atoms with van der Waals surface area (Å²) < 4.78 is 24.1. The number of morpholine rings is 1. The van der Waals surface area contributed by atoms with Crippen LogP contribution < -0.4 is 5.32 Å². The fraction of sp³-hybridized carbons (Fsp3) is 0.421. The van der Waals surface area contributed by atoms with E-state index in [0.29, 0.717) is 32.6 Å². The predicted octanol–water partition coefficient (Wildman–Crippen LogP) is 2.54. The van der Waals surface area contributed by atoms with Crippen LogP contribution in [0.1, 0.15) is 23.8 Å². The van der Waals surface area contributed by atoms with Gasteiger partial charge in [0.05, 0.1) is 25.5 Å². The topological polar surface area (TPSA) is 54.7 Å². The minimum absolute atomic E-state index is 0.00276. The molecule has 2 heterocycles. The van der Waals surface area contributed by atoms with Crippen molar-refractivity contribution in [3.63, 3.8) is 0 Å². The van der Waals surface area contributed by atoms with Gasteiger partial charge in [0.15, 0.2) is 0 Å². The van der Waals surface area contributed by atoms with E-state index in [1.165, 1.54) is 12.1 Å². The fourth-order valence-corrected chi connectivity index (χ4v) is 3.03. The Bertz CT molecular complexity index is 669. The number of ether oxygens (including phenoxy) is 1. The molecule has 134 valence electrons. The Labute approximate surface area is 146 Å². The van der Waals surface area contributed by atoms with Gasteiger partial charge in [0.2, 0.25) is 5.91 Å². The van der Waals surface area contributed by atoms with Gasteiger partial charge in [-0.3, -0.25) is 9.69 Å². The van der Waals surface area contributed by atoms with E-state index in [1.54, 1.807) is 12.3 Å². The number of hydrogen-bond donors (Lipinski definition) is 1. The van der Waals surface area contributed by atoms with E-state index < -0.39 is 0 Å². The first-order chi connectivity index (χ1) is 12.2. The van der Waals surface area contributed by atoms with Crippen LogP contribution in [-0.2, 0) is 16.0 Å². The largest absolute Gasteiger partial charge is 0.468 e. The second-order valence-electron chi connectivity index (χ2n) is 6.11. The van der Waals surface area contributed by atoms with E-state index in [-0.39, 0.29) is 17.8 Å². The number of furan rings is 1. The summed E-state index contributed by atoms with van der Waals surface area (Å²) in [5.41, 5.74) is 0.825. The first-order valence-electron chi connectivity index (χ1n) is 8.59. The summed E-state index contributed by atoms with van der Waals surface area (Å²) in [6.07, 6.45) is 2.50. The number of rotatable bonds is 7. The third kappa shape index (κ3) is 5.14. The minimum Gasteiger partial charge on any atom is -0.468 e. The van der Waals surface area contributed by atoms with Crippen molar-refractivity contribution in [2.24, 2.45) is 0 Å². The maximum Gasteiger partial charge on any atom is 0.220 e. The maximum atomic E-state index is 13.2. The van der Waals surface area contributed by atoms with Gasteiger partial charge in [-0.1, -0.05) is 12.1 Å². The number of benzene rings is 1. The summed E-state index contributed by atoms with van der Waals surface area (Å²) >= 11 is 0. The molecule has 1 amide bonds. The molecular weight excluding hydrogens is 323 g/mol. The molecule has 1 saturated heterocycles. The first-order valence-corrected chi connectivity index (χ1v) is 8.59. The Morgan fingerprint density at radius 2 is 2.08 bits per heavy atom. The lowest BCUT2D eigenvalue weighted by atomic mass is 10.1. The molecule has 25 heavy (non-hydrogen) atoms. The predicted molar refractivity (Wildman–Crippen MR) is 91.6 cm³/mol. The zero-order valence-electron chi connectivity index (χ0n) is 14.1. The standard InChI is InChI=1S/C19H23FN2O3/c20-16-4-1-3-15(13-16)6-7-19(23)21-14-17(18-5-2-10-25-18)22-8-11-24-12-9-22/h1-5,10,13,17H,6-9,11-12,14H2,(H,21,23). The van der Waals surface area contributed by atoms with Gasteiger partial charge in [0.1, 0.15) is 11.6 Å². The van der Waals surface area contributed by atoms with Crippen molar-refractivity contribution in [3.8, 4) is 0 Å². The van der Waals surface area contributed by atoms with Crippen molar-refractivity contribution < 1.29 is 18.3 Å². The maximum absolute atomic E-state index is 13.2. The summed E-state index contributed by atoms with van der Waals surface area (Å²) in [7, 11) is 0. The monoisotopic (exact) mass is 346 g/mol. The van der Waals surface area contributed by atoms with Gasteiger partial charge < -0.3 is 14.5 Å². The van der Waals surface area contributed by atoms with Crippen LogP contribution >= 0.6 is 0 Å². The first kappa shape index (κ1) is 17.6. The number of carbonyl (C=O) groups is 1. The Hall–Kier alpha value is -2.18. The number of amides is 1. The van der Waals surface area contributed by atoms with E-state index in [0.717, 1.165) is 24.4 Å². The lowest BCUT2D eigenvalue weighted by Crippen LogP contribution is -2.43. The molecule has 1 fully saturated rings. The van der Waals surface area contributed by atoms with Gasteiger partial charge >= 0.3 is 0 Å². The number of aryl methyl sites for hydroxylation is 1. The van der Waals surface area contributed by atoms with Crippen LogP contribution in [0, 0.1) is 5.82 Å². The summed E-state index contributed by atoms with van der Waals surface area (Å²) in [4.78, 5) is 14.4. The Morgan fingerprint density at radius 1 is 1.24 bits per heavy atom. The molecule has 5 nitrogen and oxygen atoms in total. The average molecular weight is 346 g/mol. The highest BCUT2D eigenvalue weighted by Gasteiger charge is 2.25. The molecule has 3 rings (SSSR count). The summed E-state index contributed by atoms with van der Waals surface area (Å²) in [6.45, 7) is 3.47. The van der Waals surface area contributed by atoms with Crippen LogP contribution in [0.2, 0.25) is 0 Å². The minimum atomic E-state index is -0.275. The van der Waals surface area contributed by atoms with E-state index in [1.807, 2.05) is 18.2 Å². The van der Waals surface area contributed by atoms with Crippen LogP contribution in [0.3, 0.4) is 0 Å². The van der Waals surface area contributed by atoms with Gasteiger partial charge in [0, 0.05) is 26.1 Å². The normalized spacial score (nSPS) is 16.5. The van der Waals surface area contributed by atoms with Crippen LogP contribution in [0.25, 0.3) is 0 Å². The van der Waals surface area contributed by atoms with Crippen LogP contribution in [0.15, 0.2) is 47.1 Å². The van der Waals surface area contributed by atoms with Gasteiger partial charge in [0.25, 0.3) is 0 Å². The van der Waals surface area contributed by atoms with Crippen molar-refractivity contribution in [1.29, 1.82) is 0 Å². The molecule has 1 aliphatic rings. The van der Waals surface area contributed by atoms with Crippen molar-refractivity contribution in [2.45, 2.75) is 18.9 Å². The molecular formula is C19H23FN2O3.